The number of nitrogens with zero attached hydrogens (tertiary/aromatic N) is 1. The summed E-state index contributed by atoms with van der Waals surface area (Å²) in [6.45, 7) is 4.75. The van der Waals surface area contributed by atoms with Gasteiger partial charge in [0.2, 0.25) is 0 Å². The molecular formula is C19H21NO2S. The molecule has 2 aromatic carbocycles. The van der Waals surface area contributed by atoms with Gasteiger partial charge in [0, 0.05) is 17.2 Å². The van der Waals surface area contributed by atoms with Crippen LogP contribution in [0.2, 0.25) is 0 Å². The highest BCUT2D eigenvalue weighted by molar-refractivity contribution is 7.99. The number of thioether (sulfide) groups is 1. The summed E-state index contributed by atoms with van der Waals surface area (Å²) >= 11 is 1.74. The first-order chi connectivity index (χ1) is 11.1. The van der Waals surface area contributed by atoms with Crippen molar-refractivity contribution in [1.29, 1.82) is 0 Å². The van der Waals surface area contributed by atoms with Crippen LogP contribution in [0.1, 0.15) is 18.1 Å². The molecule has 2 aromatic rings. The maximum atomic E-state index is 12.1. The van der Waals surface area contributed by atoms with Crippen LogP contribution >= 0.6 is 11.8 Å². The minimum Gasteiger partial charge on any atom is -0.443 e. The Morgan fingerprint density at radius 1 is 1.09 bits per heavy atom. The van der Waals surface area contributed by atoms with E-state index < -0.39 is 0 Å². The van der Waals surface area contributed by atoms with Gasteiger partial charge in [-0.05, 0) is 31.5 Å². The molecule has 4 heteroatoms. The molecule has 0 saturated carbocycles. The first-order valence-electron chi connectivity index (χ1n) is 7.84. The maximum absolute atomic E-state index is 12.1. The standard InChI is InChI=1S/C19H21NO2S/c1-14-8-10-17(11-9-14)23-13-18-15(2)20(19(21)22-18)12-16-6-4-3-5-7-16/h3-11,15,18H,12-13H2,1-2H3/t15-,18-/m0/s1. The molecular weight excluding hydrogens is 306 g/mol. The lowest BCUT2D eigenvalue weighted by Gasteiger charge is -2.20. The Morgan fingerprint density at radius 3 is 2.48 bits per heavy atom. The lowest BCUT2D eigenvalue weighted by atomic mass is 10.1. The van der Waals surface area contributed by atoms with Crippen LogP contribution in [0.3, 0.4) is 0 Å². The van der Waals surface area contributed by atoms with Crippen molar-refractivity contribution in [2.45, 2.75) is 37.4 Å². The van der Waals surface area contributed by atoms with E-state index in [-0.39, 0.29) is 18.2 Å². The SMILES string of the molecule is Cc1ccc(SC[C@@H]2OC(=O)N(Cc3ccccc3)[C@H]2C)cc1. The zero-order chi connectivity index (χ0) is 16.2. The average molecular weight is 327 g/mol. The number of hydrogen-bond acceptors (Lipinski definition) is 3. The molecule has 23 heavy (non-hydrogen) atoms. The largest absolute Gasteiger partial charge is 0.443 e. The van der Waals surface area contributed by atoms with Gasteiger partial charge in [0.15, 0.2) is 0 Å². The number of cyclic esters (lactones) is 1. The van der Waals surface area contributed by atoms with Gasteiger partial charge in [-0.15, -0.1) is 11.8 Å². The summed E-state index contributed by atoms with van der Waals surface area (Å²) in [4.78, 5) is 15.2. The van der Waals surface area contributed by atoms with Gasteiger partial charge < -0.3 is 4.74 Å². The van der Waals surface area contributed by atoms with Crippen molar-refractivity contribution in [2.75, 3.05) is 5.75 Å². The molecule has 1 aliphatic heterocycles. The third-order valence-corrected chi connectivity index (χ3v) is 5.25. The van der Waals surface area contributed by atoms with Crippen LogP contribution in [0.4, 0.5) is 4.79 Å². The van der Waals surface area contributed by atoms with Crippen molar-refractivity contribution >= 4 is 17.9 Å². The second kappa shape index (κ2) is 7.09. The number of carbonyl (C=O) groups is 1. The van der Waals surface area contributed by atoms with Crippen LogP contribution in [-0.4, -0.2) is 28.9 Å². The van der Waals surface area contributed by atoms with Crippen LogP contribution in [0.5, 0.6) is 0 Å². The van der Waals surface area contributed by atoms with E-state index in [0.717, 1.165) is 11.3 Å². The molecule has 3 rings (SSSR count). The molecule has 120 valence electrons. The molecule has 3 nitrogen and oxygen atoms in total. The first kappa shape index (κ1) is 15.9. The highest BCUT2D eigenvalue weighted by Gasteiger charge is 2.38. The summed E-state index contributed by atoms with van der Waals surface area (Å²) in [6.07, 6.45) is -0.284. The fourth-order valence-electron chi connectivity index (χ4n) is 2.64. The van der Waals surface area contributed by atoms with Gasteiger partial charge >= 0.3 is 6.09 Å². The Morgan fingerprint density at radius 2 is 1.78 bits per heavy atom. The smallest absolute Gasteiger partial charge is 0.410 e. The predicted octanol–water partition coefficient (Wildman–Crippen LogP) is 4.50. The maximum Gasteiger partial charge on any atom is 0.410 e. The van der Waals surface area contributed by atoms with Crippen molar-refractivity contribution < 1.29 is 9.53 Å². The molecule has 1 aliphatic rings. The predicted molar refractivity (Wildman–Crippen MR) is 93.6 cm³/mol. The van der Waals surface area contributed by atoms with Gasteiger partial charge in [0.25, 0.3) is 0 Å². The summed E-state index contributed by atoms with van der Waals surface area (Å²) in [5.74, 6) is 0.779. The van der Waals surface area contributed by atoms with Gasteiger partial charge in [-0.3, -0.25) is 4.90 Å². The highest BCUT2D eigenvalue weighted by Crippen LogP contribution is 2.27. The highest BCUT2D eigenvalue weighted by atomic mass is 32.2. The van der Waals surface area contributed by atoms with Gasteiger partial charge in [-0.2, -0.15) is 0 Å². The summed E-state index contributed by atoms with van der Waals surface area (Å²) in [5, 5.41) is 0. The summed E-state index contributed by atoms with van der Waals surface area (Å²) in [5.41, 5.74) is 2.38. The second-order valence-corrected chi connectivity index (χ2v) is 6.99. The molecule has 0 N–H and O–H groups in total. The van der Waals surface area contributed by atoms with Crippen molar-refractivity contribution in [2.24, 2.45) is 0 Å². The molecule has 1 saturated heterocycles. The van der Waals surface area contributed by atoms with E-state index in [1.54, 1.807) is 11.8 Å². The number of benzene rings is 2. The lowest BCUT2D eigenvalue weighted by Crippen LogP contribution is -2.34. The van der Waals surface area contributed by atoms with Crippen molar-refractivity contribution in [3.05, 3.63) is 65.7 Å². The Hall–Kier alpha value is -1.94. The van der Waals surface area contributed by atoms with E-state index in [0.29, 0.717) is 6.54 Å². The third kappa shape index (κ3) is 3.88. The monoisotopic (exact) mass is 327 g/mol. The number of aryl methyl sites for hydroxylation is 1. The number of carbonyl (C=O) groups excluding carboxylic acids is 1. The van der Waals surface area contributed by atoms with Crippen LogP contribution in [0, 0.1) is 6.92 Å². The van der Waals surface area contributed by atoms with Gasteiger partial charge in [0.05, 0.1) is 6.04 Å². The van der Waals surface area contributed by atoms with E-state index in [2.05, 4.69) is 38.1 Å². The molecule has 0 aliphatic carbocycles. The number of ether oxygens (including phenoxy) is 1. The Labute approximate surface area is 141 Å². The topological polar surface area (TPSA) is 29.5 Å². The molecule has 0 radical (unpaired) electrons. The number of amides is 1. The molecule has 0 bridgehead atoms. The minimum atomic E-state index is -0.212. The average Bonchev–Trinajstić information content (AvgIpc) is 2.83. The molecule has 2 atom stereocenters. The van der Waals surface area contributed by atoms with Gasteiger partial charge in [-0.1, -0.05) is 48.0 Å². The number of hydrogen-bond donors (Lipinski definition) is 0. The minimum absolute atomic E-state index is 0.0717. The fraction of sp³-hybridized carbons (Fsp3) is 0.316. The van der Waals surface area contributed by atoms with E-state index in [4.69, 9.17) is 4.74 Å². The zero-order valence-electron chi connectivity index (χ0n) is 13.4. The molecule has 1 fully saturated rings. The summed E-state index contributed by atoms with van der Waals surface area (Å²) in [7, 11) is 0. The van der Waals surface area contributed by atoms with E-state index in [9.17, 15) is 4.79 Å². The van der Waals surface area contributed by atoms with Crippen molar-refractivity contribution in [3.63, 3.8) is 0 Å². The molecule has 0 unspecified atom stereocenters. The second-order valence-electron chi connectivity index (χ2n) is 5.90. The lowest BCUT2D eigenvalue weighted by molar-refractivity contribution is 0.138. The van der Waals surface area contributed by atoms with Crippen molar-refractivity contribution in [1.82, 2.24) is 4.90 Å². The zero-order valence-corrected chi connectivity index (χ0v) is 14.3. The summed E-state index contributed by atoms with van der Waals surface area (Å²) in [6, 6.07) is 18.6. The first-order valence-corrected chi connectivity index (χ1v) is 8.82. The normalized spacial score (nSPS) is 20.6. The number of rotatable bonds is 5. The van der Waals surface area contributed by atoms with E-state index in [1.807, 2.05) is 35.2 Å². The fourth-order valence-corrected chi connectivity index (χ4v) is 3.67. The molecule has 1 heterocycles. The molecule has 1 amide bonds. The van der Waals surface area contributed by atoms with Gasteiger partial charge in [0.1, 0.15) is 6.10 Å². The molecule has 0 spiro atoms. The van der Waals surface area contributed by atoms with E-state index >= 15 is 0 Å². The van der Waals surface area contributed by atoms with E-state index in [1.165, 1.54) is 10.5 Å². The third-order valence-electron chi connectivity index (χ3n) is 4.15. The Balaban J connectivity index is 1.59. The summed E-state index contributed by atoms with van der Waals surface area (Å²) < 4.78 is 5.57. The van der Waals surface area contributed by atoms with Crippen LogP contribution in [0.25, 0.3) is 0 Å². The van der Waals surface area contributed by atoms with Crippen molar-refractivity contribution in [3.8, 4) is 0 Å². The Bertz CT molecular complexity index is 657. The van der Waals surface area contributed by atoms with Crippen LogP contribution in [0.15, 0.2) is 59.5 Å². The quantitative estimate of drug-likeness (QED) is 0.758. The van der Waals surface area contributed by atoms with Crippen LogP contribution in [-0.2, 0) is 11.3 Å². The van der Waals surface area contributed by atoms with Gasteiger partial charge in [-0.25, -0.2) is 4.79 Å². The molecule has 0 aromatic heterocycles. The Kier molecular flexibility index (Phi) is 4.91. The van der Waals surface area contributed by atoms with Crippen LogP contribution < -0.4 is 0 Å².